The summed E-state index contributed by atoms with van der Waals surface area (Å²) in [6.07, 6.45) is 10.6. The Kier molecular flexibility index (Phi) is 3.39. The van der Waals surface area contributed by atoms with E-state index in [1.165, 1.54) is 0 Å². The van der Waals surface area contributed by atoms with Gasteiger partial charge >= 0.3 is 0 Å². The van der Waals surface area contributed by atoms with E-state index in [9.17, 15) is 4.79 Å². The molecule has 16 heavy (non-hydrogen) atoms. The summed E-state index contributed by atoms with van der Waals surface area (Å²) in [5.41, 5.74) is -0.0174. The van der Waals surface area contributed by atoms with Crippen molar-refractivity contribution in [3.63, 3.8) is 0 Å². The summed E-state index contributed by atoms with van der Waals surface area (Å²) in [5, 5.41) is 3.20. The summed E-state index contributed by atoms with van der Waals surface area (Å²) < 4.78 is 1.71. The zero-order valence-electron chi connectivity index (χ0n) is 9.52. The van der Waals surface area contributed by atoms with Gasteiger partial charge in [-0.25, -0.2) is 4.98 Å². The minimum atomic E-state index is -0.0174. The van der Waals surface area contributed by atoms with Gasteiger partial charge in [-0.15, -0.1) is 0 Å². The summed E-state index contributed by atoms with van der Waals surface area (Å²) in [4.78, 5) is 16.1. The minimum Gasteiger partial charge on any atom is -0.362 e. The molecular formula is C12H17N3O. The van der Waals surface area contributed by atoms with Gasteiger partial charge in [0.15, 0.2) is 5.82 Å². The van der Waals surface area contributed by atoms with Crippen molar-refractivity contribution in [2.75, 3.05) is 5.32 Å². The molecule has 0 fully saturated rings. The van der Waals surface area contributed by atoms with E-state index < -0.39 is 0 Å². The Labute approximate surface area is 95.0 Å². The van der Waals surface area contributed by atoms with Crippen LogP contribution in [0.25, 0.3) is 0 Å². The summed E-state index contributed by atoms with van der Waals surface area (Å²) in [7, 11) is 0. The molecule has 0 spiro atoms. The molecule has 0 saturated heterocycles. The Hall–Kier alpha value is -1.58. The highest BCUT2D eigenvalue weighted by atomic mass is 16.1. The molecule has 0 amide bonds. The Morgan fingerprint density at radius 2 is 2.25 bits per heavy atom. The average Bonchev–Trinajstić information content (AvgIpc) is 2.77. The van der Waals surface area contributed by atoms with E-state index in [0.717, 1.165) is 25.8 Å². The van der Waals surface area contributed by atoms with Crippen molar-refractivity contribution < 1.29 is 0 Å². The van der Waals surface area contributed by atoms with Gasteiger partial charge in [0.1, 0.15) is 0 Å². The number of nitrogens with zero attached hydrogens (tertiary/aromatic N) is 2. The molecule has 4 heteroatoms. The SMILES string of the molecule is CCCn1ccnc(NC2CC=CC2)c1=O. The van der Waals surface area contributed by atoms with Crippen LogP contribution in [0.15, 0.2) is 29.3 Å². The summed E-state index contributed by atoms with van der Waals surface area (Å²) in [6, 6.07) is 0.331. The van der Waals surface area contributed by atoms with Crippen LogP contribution in [0.3, 0.4) is 0 Å². The molecule has 1 N–H and O–H groups in total. The van der Waals surface area contributed by atoms with E-state index in [1.807, 2.05) is 0 Å². The van der Waals surface area contributed by atoms with Crippen LogP contribution < -0.4 is 10.9 Å². The quantitative estimate of drug-likeness (QED) is 0.785. The zero-order chi connectivity index (χ0) is 11.4. The van der Waals surface area contributed by atoms with Crippen molar-refractivity contribution in [2.24, 2.45) is 0 Å². The van der Waals surface area contributed by atoms with E-state index in [1.54, 1.807) is 17.0 Å². The van der Waals surface area contributed by atoms with Gasteiger partial charge in [0, 0.05) is 25.0 Å². The maximum absolute atomic E-state index is 12.0. The molecule has 0 saturated carbocycles. The second-order valence-electron chi connectivity index (χ2n) is 4.06. The van der Waals surface area contributed by atoms with E-state index in [4.69, 9.17) is 0 Å². The van der Waals surface area contributed by atoms with Gasteiger partial charge in [-0.1, -0.05) is 19.1 Å². The topological polar surface area (TPSA) is 46.9 Å². The lowest BCUT2D eigenvalue weighted by atomic mass is 10.2. The van der Waals surface area contributed by atoms with Crippen LogP contribution in [-0.2, 0) is 6.54 Å². The maximum Gasteiger partial charge on any atom is 0.293 e. The summed E-state index contributed by atoms with van der Waals surface area (Å²) in [6.45, 7) is 2.81. The van der Waals surface area contributed by atoms with Gasteiger partial charge in [-0.3, -0.25) is 4.79 Å². The monoisotopic (exact) mass is 219 g/mol. The molecule has 1 aromatic rings. The Bertz CT molecular complexity index is 428. The number of hydrogen-bond acceptors (Lipinski definition) is 3. The van der Waals surface area contributed by atoms with Crippen LogP contribution in [0.5, 0.6) is 0 Å². The van der Waals surface area contributed by atoms with Gasteiger partial charge in [-0.2, -0.15) is 0 Å². The molecule has 2 rings (SSSR count). The third-order valence-electron chi connectivity index (χ3n) is 2.73. The van der Waals surface area contributed by atoms with E-state index >= 15 is 0 Å². The standard InChI is InChI=1S/C12H17N3O/c1-2-8-15-9-7-13-11(12(15)16)14-10-5-3-4-6-10/h3-4,7,9-10H,2,5-6,8H2,1H3,(H,13,14). The van der Waals surface area contributed by atoms with E-state index in [-0.39, 0.29) is 5.56 Å². The van der Waals surface area contributed by atoms with Crippen LogP contribution in [0.1, 0.15) is 26.2 Å². The van der Waals surface area contributed by atoms with Crippen molar-refractivity contribution in [3.05, 3.63) is 34.9 Å². The number of aryl methyl sites for hydroxylation is 1. The first-order valence-corrected chi connectivity index (χ1v) is 5.78. The van der Waals surface area contributed by atoms with Gasteiger partial charge in [0.05, 0.1) is 0 Å². The minimum absolute atomic E-state index is 0.0174. The fourth-order valence-electron chi connectivity index (χ4n) is 1.89. The Morgan fingerprint density at radius 3 is 2.94 bits per heavy atom. The predicted octanol–water partition coefficient (Wildman–Crippen LogP) is 1.78. The molecule has 0 aliphatic heterocycles. The molecule has 86 valence electrons. The lowest BCUT2D eigenvalue weighted by molar-refractivity contribution is 0.646. The van der Waals surface area contributed by atoms with E-state index in [2.05, 4.69) is 29.4 Å². The third kappa shape index (κ3) is 2.32. The molecule has 1 aromatic heterocycles. The van der Waals surface area contributed by atoms with Crippen LogP contribution in [0, 0.1) is 0 Å². The molecule has 1 aliphatic carbocycles. The lowest BCUT2D eigenvalue weighted by Crippen LogP contribution is -2.28. The van der Waals surface area contributed by atoms with Crippen LogP contribution >= 0.6 is 0 Å². The van der Waals surface area contributed by atoms with Gasteiger partial charge in [-0.05, 0) is 19.3 Å². The van der Waals surface area contributed by atoms with E-state index in [0.29, 0.717) is 11.9 Å². The summed E-state index contributed by atoms with van der Waals surface area (Å²) in [5.74, 6) is 0.477. The van der Waals surface area contributed by atoms with Crippen molar-refractivity contribution in [1.82, 2.24) is 9.55 Å². The van der Waals surface area contributed by atoms with Crippen molar-refractivity contribution in [1.29, 1.82) is 0 Å². The van der Waals surface area contributed by atoms with Crippen LogP contribution in [-0.4, -0.2) is 15.6 Å². The first kappa shape index (κ1) is 10.9. The molecule has 0 aromatic carbocycles. The smallest absolute Gasteiger partial charge is 0.293 e. The fourth-order valence-corrected chi connectivity index (χ4v) is 1.89. The van der Waals surface area contributed by atoms with Crippen molar-refractivity contribution in [3.8, 4) is 0 Å². The highest BCUT2D eigenvalue weighted by molar-refractivity contribution is 5.33. The van der Waals surface area contributed by atoms with Gasteiger partial charge in [0.2, 0.25) is 0 Å². The first-order valence-electron chi connectivity index (χ1n) is 5.78. The van der Waals surface area contributed by atoms with Crippen LogP contribution in [0.4, 0.5) is 5.82 Å². The zero-order valence-corrected chi connectivity index (χ0v) is 9.52. The maximum atomic E-state index is 12.0. The molecule has 1 heterocycles. The second kappa shape index (κ2) is 4.96. The number of rotatable bonds is 4. The number of hydrogen-bond donors (Lipinski definition) is 1. The predicted molar refractivity (Wildman–Crippen MR) is 64.6 cm³/mol. The number of aromatic nitrogens is 2. The third-order valence-corrected chi connectivity index (χ3v) is 2.73. The van der Waals surface area contributed by atoms with Crippen LogP contribution in [0.2, 0.25) is 0 Å². The Morgan fingerprint density at radius 1 is 1.50 bits per heavy atom. The molecule has 4 nitrogen and oxygen atoms in total. The van der Waals surface area contributed by atoms with Gasteiger partial charge < -0.3 is 9.88 Å². The normalized spacial score (nSPS) is 15.6. The number of anilines is 1. The highest BCUT2D eigenvalue weighted by Crippen LogP contribution is 2.12. The molecule has 0 atom stereocenters. The van der Waals surface area contributed by atoms with Crippen molar-refractivity contribution in [2.45, 2.75) is 38.8 Å². The molecular weight excluding hydrogens is 202 g/mol. The average molecular weight is 219 g/mol. The Balaban J connectivity index is 2.14. The lowest BCUT2D eigenvalue weighted by Gasteiger charge is -2.13. The molecule has 1 aliphatic rings. The second-order valence-corrected chi connectivity index (χ2v) is 4.06. The first-order chi connectivity index (χ1) is 7.81. The molecule has 0 bridgehead atoms. The largest absolute Gasteiger partial charge is 0.362 e. The molecule has 0 radical (unpaired) electrons. The van der Waals surface area contributed by atoms with Gasteiger partial charge in [0.25, 0.3) is 5.56 Å². The summed E-state index contributed by atoms with van der Waals surface area (Å²) >= 11 is 0. The number of nitrogens with one attached hydrogen (secondary N) is 1. The van der Waals surface area contributed by atoms with Crippen molar-refractivity contribution >= 4 is 5.82 Å². The molecule has 0 unspecified atom stereocenters. The highest BCUT2D eigenvalue weighted by Gasteiger charge is 2.12. The fraction of sp³-hybridized carbons (Fsp3) is 0.500.